The second-order valence-corrected chi connectivity index (χ2v) is 7.81. The van der Waals surface area contributed by atoms with Crippen LogP contribution in [0.3, 0.4) is 0 Å². The highest BCUT2D eigenvalue weighted by Gasteiger charge is 2.30. The van der Waals surface area contributed by atoms with Crippen molar-refractivity contribution in [3.8, 4) is 0 Å². The first-order chi connectivity index (χ1) is 10.1. The maximum Gasteiger partial charge on any atom is 0.128 e. The van der Waals surface area contributed by atoms with Crippen molar-refractivity contribution < 1.29 is 0 Å². The number of hydrogen-bond acceptors (Lipinski definition) is 2. The standard InChI is InChI=1S/C17H23ClN2S/c1-11-8-9-14-13(10-11)19-17(12(2)18)20(14)15-6-4-5-7-16(15)21-3/h8-10,12,15-16H,4-7H2,1-3H3. The Morgan fingerprint density at radius 1 is 1.33 bits per heavy atom. The summed E-state index contributed by atoms with van der Waals surface area (Å²) in [5, 5.41) is 0.619. The SMILES string of the molecule is CSC1CCCCC1n1c(C(C)Cl)nc2cc(C)ccc21. The summed E-state index contributed by atoms with van der Waals surface area (Å²) in [4.78, 5) is 4.84. The fourth-order valence-electron chi connectivity index (χ4n) is 3.50. The molecule has 1 heterocycles. The van der Waals surface area contributed by atoms with Gasteiger partial charge in [0, 0.05) is 11.3 Å². The molecule has 1 aliphatic carbocycles. The van der Waals surface area contributed by atoms with Crippen molar-refractivity contribution in [3.63, 3.8) is 0 Å². The van der Waals surface area contributed by atoms with Gasteiger partial charge in [-0.05, 0) is 50.6 Å². The monoisotopic (exact) mass is 322 g/mol. The Hall–Kier alpha value is -0.670. The van der Waals surface area contributed by atoms with Crippen LogP contribution in [-0.2, 0) is 0 Å². The number of alkyl halides is 1. The van der Waals surface area contributed by atoms with Crippen molar-refractivity contribution in [1.29, 1.82) is 0 Å². The van der Waals surface area contributed by atoms with Crippen molar-refractivity contribution in [2.45, 2.75) is 56.2 Å². The van der Waals surface area contributed by atoms with Gasteiger partial charge in [0.2, 0.25) is 0 Å². The van der Waals surface area contributed by atoms with Crippen molar-refractivity contribution in [1.82, 2.24) is 9.55 Å². The van der Waals surface area contributed by atoms with Gasteiger partial charge in [-0.3, -0.25) is 0 Å². The van der Waals surface area contributed by atoms with Crippen LogP contribution in [0.5, 0.6) is 0 Å². The summed E-state index contributed by atoms with van der Waals surface area (Å²) >= 11 is 8.43. The molecule has 0 radical (unpaired) electrons. The lowest BCUT2D eigenvalue weighted by atomic mass is 9.94. The van der Waals surface area contributed by atoms with Gasteiger partial charge in [-0.2, -0.15) is 11.8 Å². The first kappa shape index (κ1) is 15.2. The number of benzene rings is 1. The van der Waals surface area contributed by atoms with E-state index in [1.54, 1.807) is 0 Å². The van der Waals surface area contributed by atoms with Crippen LogP contribution in [-0.4, -0.2) is 21.1 Å². The fourth-order valence-corrected chi connectivity index (χ4v) is 4.63. The Morgan fingerprint density at radius 2 is 2.10 bits per heavy atom. The van der Waals surface area contributed by atoms with Crippen LogP contribution in [0, 0.1) is 6.92 Å². The molecule has 21 heavy (non-hydrogen) atoms. The van der Waals surface area contributed by atoms with Crippen LogP contribution in [0.25, 0.3) is 11.0 Å². The van der Waals surface area contributed by atoms with Crippen molar-refractivity contribution in [2.24, 2.45) is 0 Å². The van der Waals surface area contributed by atoms with E-state index in [9.17, 15) is 0 Å². The molecule has 0 N–H and O–H groups in total. The highest BCUT2D eigenvalue weighted by Crippen LogP contribution is 2.40. The van der Waals surface area contributed by atoms with Gasteiger partial charge in [-0.15, -0.1) is 11.6 Å². The van der Waals surface area contributed by atoms with Crippen LogP contribution in [0.2, 0.25) is 0 Å². The molecule has 114 valence electrons. The molecule has 0 bridgehead atoms. The van der Waals surface area contributed by atoms with Crippen LogP contribution in [0.15, 0.2) is 18.2 Å². The molecule has 0 saturated heterocycles. The average Bonchev–Trinajstić information content (AvgIpc) is 2.85. The molecule has 1 fully saturated rings. The molecular weight excluding hydrogens is 300 g/mol. The molecule has 1 aliphatic rings. The summed E-state index contributed by atoms with van der Waals surface area (Å²) in [5.74, 6) is 1.03. The Balaban J connectivity index is 2.16. The summed E-state index contributed by atoms with van der Waals surface area (Å²) < 4.78 is 2.44. The second kappa shape index (κ2) is 6.21. The highest BCUT2D eigenvalue weighted by molar-refractivity contribution is 7.99. The van der Waals surface area contributed by atoms with Crippen LogP contribution in [0.1, 0.15) is 55.4 Å². The number of aryl methyl sites for hydroxylation is 1. The zero-order valence-electron chi connectivity index (χ0n) is 13.0. The molecule has 3 rings (SSSR count). The van der Waals surface area contributed by atoms with E-state index in [0.29, 0.717) is 11.3 Å². The molecule has 0 amide bonds. The van der Waals surface area contributed by atoms with E-state index in [1.165, 1.54) is 36.8 Å². The number of fused-ring (bicyclic) bond motifs is 1. The van der Waals surface area contributed by atoms with Gasteiger partial charge in [0.15, 0.2) is 0 Å². The van der Waals surface area contributed by atoms with E-state index in [4.69, 9.17) is 16.6 Å². The smallest absolute Gasteiger partial charge is 0.128 e. The maximum atomic E-state index is 6.44. The van der Waals surface area contributed by atoms with Gasteiger partial charge in [-0.1, -0.05) is 18.9 Å². The zero-order valence-corrected chi connectivity index (χ0v) is 14.5. The van der Waals surface area contributed by atoms with Crippen LogP contribution >= 0.6 is 23.4 Å². The largest absolute Gasteiger partial charge is 0.322 e. The summed E-state index contributed by atoms with van der Waals surface area (Å²) in [7, 11) is 0. The molecule has 1 aromatic carbocycles. The predicted octanol–water partition coefficient (Wildman–Crippen LogP) is 5.49. The lowest BCUT2D eigenvalue weighted by Gasteiger charge is -2.33. The van der Waals surface area contributed by atoms with E-state index in [2.05, 4.69) is 35.9 Å². The number of hydrogen-bond donors (Lipinski definition) is 0. The minimum absolute atomic E-state index is 0.0536. The third-order valence-electron chi connectivity index (χ3n) is 4.53. The first-order valence-electron chi connectivity index (χ1n) is 7.77. The summed E-state index contributed by atoms with van der Waals surface area (Å²) in [6.45, 7) is 4.15. The van der Waals surface area contributed by atoms with Crippen molar-refractivity contribution in [2.75, 3.05) is 6.26 Å². The Kier molecular flexibility index (Phi) is 4.51. The zero-order chi connectivity index (χ0) is 15.0. The summed E-state index contributed by atoms with van der Waals surface area (Å²) in [6, 6.07) is 7.09. The van der Waals surface area contributed by atoms with Crippen molar-refractivity contribution in [3.05, 3.63) is 29.6 Å². The van der Waals surface area contributed by atoms with Crippen LogP contribution in [0.4, 0.5) is 0 Å². The third-order valence-corrected chi connectivity index (χ3v) is 5.88. The van der Waals surface area contributed by atoms with Gasteiger partial charge in [-0.25, -0.2) is 4.98 Å². The molecule has 2 aromatic rings. The van der Waals surface area contributed by atoms with Gasteiger partial charge >= 0.3 is 0 Å². The van der Waals surface area contributed by atoms with Gasteiger partial charge in [0.1, 0.15) is 5.82 Å². The van der Waals surface area contributed by atoms with E-state index in [0.717, 1.165) is 11.3 Å². The van der Waals surface area contributed by atoms with E-state index < -0.39 is 0 Å². The maximum absolute atomic E-state index is 6.44. The molecule has 2 nitrogen and oxygen atoms in total. The summed E-state index contributed by atoms with van der Waals surface area (Å²) in [6.07, 6.45) is 7.42. The second-order valence-electron chi connectivity index (χ2n) is 6.07. The molecule has 3 atom stereocenters. The van der Waals surface area contributed by atoms with E-state index in [1.807, 2.05) is 18.7 Å². The van der Waals surface area contributed by atoms with E-state index >= 15 is 0 Å². The first-order valence-corrected chi connectivity index (χ1v) is 9.49. The predicted molar refractivity (Wildman–Crippen MR) is 93.5 cm³/mol. The normalized spacial score (nSPS) is 24.4. The lowest BCUT2D eigenvalue weighted by molar-refractivity contribution is 0.363. The number of halogens is 1. The van der Waals surface area contributed by atoms with Gasteiger partial charge in [0.25, 0.3) is 0 Å². The molecular formula is C17H23ClN2S. The van der Waals surface area contributed by atoms with Gasteiger partial charge < -0.3 is 4.57 Å². The molecule has 1 saturated carbocycles. The minimum atomic E-state index is -0.0536. The molecule has 3 unspecified atom stereocenters. The average molecular weight is 323 g/mol. The number of aromatic nitrogens is 2. The number of thioether (sulfide) groups is 1. The lowest BCUT2D eigenvalue weighted by Crippen LogP contribution is -2.26. The molecule has 0 spiro atoms. The van der Waals surface area contributed by atoms with Crippen LogP contribution < -0.4 is 0 Å². The fraction of sp³-hybridized carbons (Fsp3) is 0.588. The Labute approximate surface area is 136 Å². The number of nitrogens with zero attached hydrogens (tertiary/aromatic N) is 2. The van der Waals surface area contributed by atoms with E-state index in [-0.39, 0.29) is 5.38 Å². The molecule has 1 aromatic heterocycles. The quantitative estimate of drug-likeness (QED) is 0.695. The molecule has 4 heteroatoms. The number of rotatable bonds is 3. The number of imidazole rings is 1. The minimum Gasteiger partial charge on any atom is -0.322 e. The van der Waals surface area contributed by atoms with Crippen molar-refractivity contribution >= 4 is 34.4 Å². The Morgan fingerprint density at radius 3 is 2.81 bits per heavy atom. The topological polar surface area (TPSA) is 17.8 Å². The summed E-state index contributed by atoms with van der Waals surface area (Å²) in [5.41, 5.74) is 3.59. The third kappa shape index (κ3) is 2.83. The van der Waals surface area contributed by atoms with Gasteiger partial charge in [0.05, 0.1) is 16.4 Å². The molecule has 0 aliphatic heterocycles. The highest BCUT2D eigenvalue weighted by atomic mass is 35.5. The Bertz CT molecular complexity index is 635.